The predicted molar refractivity (Wildman–Crippen MR) is 103 cm³/mol. The van der Waals surface area contributed by atoms with Gasteiger partial charge in [-0.15, -0.1) is 0 Å². The van der Waals surface area contributed by atoms with Crippen molar-refractivity contribution in [2.75, 3.05) is 26.2 Å². The lowest BCUT2D eigenvalue weighted by Gasteiger charge is -2.48. The summed E-state index contributed by atoms with van der Waals surface area (Å²) in [6, 6.07) is 2.72. The molecule has 3 unspecified atom stereocenters. The van der Waals surface area contributed by atoms with E-state index in [2.05, 4.69) is 4.90 Å². The zero-order chi connectivity index (χ0) is 21.8. The number of fused-ring (bicyclic) bond motifs is 1. The molecular formula is C20H25F3N2O4S. The maximum atomic E-state index is 13.0. The molecule has 166 valence electrons. The smallest absolute Gasteiger partial charge is 0.475 e. The summed E-state index contributed by atoms with van der Waals surface area (Å²) < 4.78 is 56.6. The zero-order valence-corrected chi connectivity index (χ0v) is 17.6. The van der Waals surface area contributed by atoms with Crippen molar-refractivity contribution in [3.05, 3.63) is 23.8 Å². The van der Waals surface area contributed by atoms with Gasteiger partial charge >= 0.3 is 5.51 Å². The van der Waals surface area contributed by atoms with Gasteiger partial charge in [-0.05, 0) is 50.8 Å². The van der Waals surface area contributed by atoms with Gasteiger partial charge < -0.3 is 14.7 Å². The Morgan fingerprint density at radius 2 is 1.97 bits per heavy atom. The van der Waals surface area contributed by atoms with Gasteiger partial charge in [-0.1, -0.05) is 0 Å². The molecule has 2 fully saturated rings. The summed E-state index contributed by atoms with van der Waals surface area (Å²) in [5.41, 5.74) is -5.70. The molecule has 1 saturated heterocycles. The molecule has 2 aliphatic heterocycles. The number of alkyl halides is 3. The molecule has 30 heavy (non-hydrogen) atoms. The van der Waals surface area contributed by atoms with Gasteiger partial charge in [0.2, 0.25) is 5.91 Å². The minimum absolute atomic E-state index is 0.183. The average Bonchev–Trinajstić information content (AvgIpc) is 3.46. The van der Waals surface area contributed by atoms with Crippen LogP contribution in [0.2, 0.25) is 0 Å². The highest BCUT2D eigenvalue weighted by Gasteiger charge is 2.48. The number of amides is 1. The number of rotatable bonds is 4. The monoisotopic (exact) mass is 446 g/mol. The molecule has 1 amide bonds. The van der Waals surface area contributed by atoms with E-state index in [1.807, 2.05) is 0 Å². The first kappa shape index (κ1) is 21.6. The van der Waals surface area contributed by atoms with E-state index < -0.39 is 39.0 Å². The molecular weight excluding hydrogens is 421 g/mol. The summed E-state index contributed by atoms with van der Waals surface area (Å²) in [4.78, 5) is 16.1. The number of aliphatic hydroxyl groups is 1. The first-order valence-electron chi connectivity index (χ1n) is 9.99. The summed E-state index contributed by atoms with van der Waals surface area (Å²) in [7, 11) is -3.21. The molecule has 0 bridgehead atoms. The molecule has 1 N–H and O–H groups in total. The van der Waals surface area contributed by atoms with Gasteiger partial charge in [0, 0.05) is 30.1 Å². The van der Waals surface area contributed by atoms with Crippen LogP contribution in [0.25, 0.3) is 0 Å². The van der Waals surface area contributed by atoms with Gasteiger partial charge in [-0.3, -0.25) is 9.69 Å². The maximum absolute atomic E-state index is 13.0. The largest absolute Gasteiger partial charge is 0.485 e. The lowest BCUT2D eigenvalue weighted by molar-refractivity contribution is -0.150. The van der Waals surface area contributed by atoms with Gasteiger partial charge in [0.05, 0.1) is 12.6 Å². The van der Waals surface area contributed by atoms with Crippen molar-refractivity contribution in [3.8, 4) is 5.75 Å². The minimum atomic E-state index is -4.90. The van der Waals surface area contributed by atoms with Gasteiger partial charge in [0.1, 0.15) is 17.5 Å². The lowest BCUT2D eigenvalue weighted by Crippen LogP contribution is -2.59. The summed E-state index contributed by atoms with van der Waals surface area (Å²) in [6.45, 7) is 5.41. The van der Waals surface area contributed by atoms with Crippen molar-refractivity contribution in [3.63, 3.8) is 0 Å². The van der Waals surface area contributed by atoms with Crippen LogP contribution in [-0.2, 0) is 15.6 Å². The van der Waals surface area contributed by atoms with E-state index in [-0.39, 0.29) is 23.8 Å². The number of hydrogen-bond donors (Lipinski definition) is 1. The second-order valence-corrected chi connectivity index (χ2v) is 10.2. The highest BCUT2D eigenvalue weighted by molar-refractivity contribution is 7.86. The molecule has 10 heteroatoms. The fourth-order valence-corrected chi connectivity index (χ4v) is 4.88. The number of carbonyl (C=O) groups excluding carboxylic acids is 1. The van der Waals surface area contributed by atoms with E-state index in [0.717, 1.165) is 18.7 Å². The van der Waals surface area contributed by atoms with Crippen LogP contribution in [0.5, 0.6) is 5.75 Å². The summed E-state index contributed by atoms with van der Waals surface area (Å²) in [6.07, 6.45) is 1.19. The molecule has 0 spiro atoms. The van der Waals surface area contributed by atoms with E-state index in [9.17, 15) is 27.3 Å². The topological polar surface area (TPSA) is 70.1 Å². The number of hydrogen-bond acceptors (Lipinski definition) is 5. The number of aliphatic hydroxyl groups excluding tert-OH is 1. The lowest BCUT2D eigenvalue weighted by atomic mass is 9.85. The highest BCUT2D eigenvalue weighted by atomic mass is 32.2. The molecule has 1 saturated carbocycles. The van der Waals surface area contributed by atoms with Crippen molar-refractivity contribution >= 4 is 16.7 Å². The van der Waals surface area contributed by atoms with E-state index in [1.165, 1.54) is 23.8 Å². The number of nitrogens with zero attached hydrogens (tertiary/aromatic N) is 2. The molecule has 1 aromatic carbocycles. The van der Waals surface area contributed by atoms with Crippen LogP contribution in [0.3, 0.4) is 0 Å². The normalized spacial score (nSPS) is 28.1. The second kappa shape index (κ2) is 7.49. The Kier molecular flexibility index (Phi) is 5.39. The number of halogens is 3. The highest BCUT2D eigenvalue weighted by Crippen LogP contribution is 2.44. The molecule has 3 aliphatic rings. The third-order valence-electron chi connectivity index (χ3n) is 5.99. The maximum Gasteiger partial charge on any atom is 0.475 e. The Balaban J connectivity index is 1.66. The van der Waals surface area contributed by atoms with Crippen molar-refractivity contribution in [2.24, 2.45) is 5.92 Å². The van der Waals surface area contributed by atoms with Gasteiger partial charge in [0.15, 0.2) is 10.8 Å². The van der Waals surface area contributed by atoms with Crippen LogP contribution in [0.15, 0.2) is 23.1 Å². The second-order valence-electron chi connectivity index (χ2n) is 8.77. The summed E-state index contributed by atoms with van der Waals surface area (Å²) in [5.74, 6) is 0.737. The molecule has 6 nitrogen and oxygen atoms in total. The van der Waals surface area contributed by atoms with Crippen LogP contribution >= 0.6 is 0 Å². The van der Waals surface area contributed by atoms with Gasteiger partial charge in [0.25, 0.3) is 0 Å². The molecule has 0 radical (unpaired) electrons. The fraction of sp³-hybridized carbons (Fsp3) is 0.650. The molecule has 2 heterocycles. The summed E-state index contributed by atoms with van der Waals surface area (Å²) >= 11 is 0. The standard InChI is InChI=1S/C20H25F3N2O4S/c1-19(2)18(27)17(25-8-7-24(11-16(25)26)10-12-3-4-12)14-9-13(5-6-15(14)29-19)30(28)20(21,22)23/h5-6,9,12,17-18,27H,3-4,7-8,10-11H2,1-2H3. The Labute approximate surface area is 175 Å². The minimum Gasteiger partial charge on any atom is -0.485 e. The van der Waals surface area contributed by atoms with Crippen molar-refractivity contribution in [2.45, 2.75) is 54.8 Å². The van der Waals surface area contributed by atoms with Crippen molar-refractivity contribution in [1.82, 2.24) is 9.80 Å². The Morgan fingerprint density at radius 3 is 2.57 bits per heavy atom. The molecule has 1 aliphatic carbocycles. The van der Waals surface area contributed by atoms with E-state index in [0.29, 0.717) is 19.0 Å². The van der Waals surface area contributed by atoms with E-state index in [1.54, 1.807) is 13.8 Å². The van der Waals surface area contributed by atoms with Gasteiger partial charge in [-0.2, -0.15) is 13.2 Å². The Hall–Kier alpha value is -1.65. The first-order chi connectivity index (χ1) is 14.0. The third kappa shape index (κ3) is 4.09. The Morgan fingerprint density at radius 1 is 1.27 bits per heavy atom. The quantitative estimate of drug-likeness (QED) is 0.770. The van der Waals surface area contributed by atoms with Crippen molar-refractivity contribution in [1.29, 1.82) is 0 Å². The van der Waals surface area contributed by atoms with Crippen LogP contribution in [-0.4, -0.2) is 68.4 Å². The van der Waals surface area contributed by atoms with Crippen LogP contribution in [0, 0.1) is 5.92 Å². The predicted octanol–water partition coefficient (Wildman–Crippen LogP) is 2.44. The molecule has 3 atom stereocenters. The number of benzene rings is 1. The van der Waals surface area contributed by atoms with Crippen LogP contribution < -0.4 is 4.74 Å². The average molecular weight is 446 g/mol. The Bertz CT molecular complexity index is 872. The van der Waals surface area contributed by atoms with Crippen LogP contribution in [0.1, 0.15) is 38.3 Å². The number of piperazine rings is 1. The van der Waals surface area contributed by atoms with Gasteiger partial charge in [-0.25, -0.2) is 4.21 Å². The molecule has 1 aromatic rings. The van der Waals surface area contributed by atoms with Crippen molar-refractivity contribution < 1.29 is 32.0 Å². The number of ether oxygens (including phenoxy) is 1. The first-order valence-corrected chi connectivity index (χ1v) is 11.1. The molecule has 0 aromatic heterocycles. The SMILES string of the molecule is CC1(C)Oc2ccc(S(=O)C(F)(F)F)cc2C(N2CCN(CC3CC3)CC2=O)C1O. The van der Waals surface area contributed by atoms with Crippen LogP contribution in [0.4, 0.5) is 13.2 Å². The van der Waals surface area contributed by atoms with E-state index in [4.69, 9.17) is 4.74 Å². The third-order valence-corrected chi connectivity index (χ3v) is 7.10. The fourth-order valence-electron chi connectivity index (χ4n) is 4.18. The molecule has 4 rings (SSSR count). The van der Waals surface area contributed by atoms with E-state index >= 15 is 0 Å². The number of carbonyl (C=O) groups is 1. The zero-order valence-electron chi connectivity index (χ0n) is 16.8. The summed E-state index contributed by atoms with van der Waals surface area (Å²) in [5, 5.41) is 11.0.